The largest absolute Gasteiger partial charge is 0.292 e. The van der Waals surface area contributed by atoms with Crippen LogP contribution < -0.4 is 0 Å². The Labute approximate surface area is 197 Å². The normalized spacial score (nSPS) is 18.8. The average molecular weight is 478 g/mol. The fraction of sp³-hybridized carbons (Fsp3) is 0.217. The van der Waals surface area contributed by atoms with Crippen LogP contribution in [0.3, 0.4) is 0 Å². The number of fused-ring (bicyclic) bond motifs is 1. The highest BCUT2D eigenvalue weighted by molar-refractivity contribution is 6.09. The number of hydrazine groups is 1. The summed E-state index contributed by atoms with van der Waals surface area (Å²) in [7, 11) is 0. The van der Waals surface area contributed by atoms with Gasteiger partial charge in [-0.25, -0.2) is 5.01 Å². The SMILES string of the molecule is O=C(CN(C(=O)c1cccc([N+](=O)[O-])c1)N1C(=O)[C@@H]2CC=CC[C@H]2C1=O)c1cccc([N+](=O)[O-])c1. The lowest BCUT2D eigenvalue weighted by atomic mass is 9.85. The number of nitro benzene ring substituents is 2. The van der Waals surface area contributed by atoms with Gasteiger partial charge in [0.2, 0.25) is 0 Å². The first kappa shape index (κ1) is 23.4. The van der Waals surface area contributed by atoms with Gasteiger partial charge in [0, 0.05) is 35.4 Å². The van der Waals surface area contributed by atoms with Crippen molar-refractivity contribution >= 4 is 34.9 Å². The number of non-ortho nitro benzene ring substituents is 2. The molecule has 0 radical (unpaired) electrons. The summed E-state index contributed by atoms with van der Waals surface area (Å²) in [4.78, 5) is 73.6. The lowest BCUT2D eigenvalue weighted by Gasteiger charge is -2.30. The molecule has 1 fully saturated rings. The third-order valence-electron chi connectivity index (χ3n) is 5.94. The van der Waals surface area contributed by atoms with E-state index >= 15 is 0 Å². The molecule has 1 aliphatic carbocycles. The van der Waals surface area contributed by atoms with Crippen molar-refractivity contribution in [1.29, 1.82) is 0 Å². The maximum absolute atomic E-state index is 13.4. The Hall–Kier alpha value is -4.74. The minimum atomic E-state index is -0.971. The van der Waals surface area contributed by atoms with E-state index in [9.17, 15) is 39.4 Å². The summed E-state index contributed by atoms with van der Waals surface area (Å²) in [5.41, 5.74) is -1.05. The quantitative estimate of drug-likeness (QED) is 0.193. The Kier molecular flexibility index (Phi) is 6.19. The van der Waals surface area contributed by atoms with E-state index in [1.165, 1.54) is 36.4 Å². The molecular weight excluding hydrogens is 460 g/mol. The number of rotatable bonds is 7. The predicted octanol–water partition coefficient (Wildman–Crippen LogP) is 2.69. The predicted molar refractivity (Wildman–Crippen MR) is 119 cm³/mol. The highest BCUT2D eigenvalue weighted by atomic mass is 16.6. The number of nitro groups is 2. The van der Waals surface area contributed by atoms with Crippen molar-refractivity contribution < 1.29 is 29.0 Å². The second kappa shape index (κ2) is 9.25. The number of allylic oxidation sites excluding steroid dienone is 2. The Bertz CT molecular complexity index is 1280. The molecule has 2 aromatic carbocycles. The summed E-state index contributed by atoms with van der Waals surface area (Å²) >= 11 is 0. The van der Waals surface area contributed by atoms with Crippen LogP contribution in [0.25, 0.3) is 0 Å². The van der Waals surface area contributed by atoms with Gasteiger partial charge in [-0.3, -0.25) is 39.4 Å². The zero-order valence-electron chi connectivity index (χ0n) is 18.1. The van der Waals surface area contributed by atoms with Crippen LogP contribution in [0.4, 0.5) is 11.4 Å². The van der Waals surface area contributed by atoms with Crippen LogP contribution in [-0.2, 0) is 9.59 Å². The summed E-state index contributed by atoms with van der Waals surface area (Å²) < 4.78 is 0. The molecule has 0 N–H and O–H groups in total. The molecule has 1 aliphatic heterocycles. The van der Waals surface area contributed by atoms with Crippen LogP contribution >= 0.6 is 0 Å². The van der Waals surface area contributed by atoms with E-state index in [1.807, 2.05) is 0 Å². The number of carbonyl (C=O) groups is 4. The number of Topliss-reactive ketones (excluding diaryl/α,β-unsaturated/α-hetero) is 1. The third kappa shape index (κ3) is 4.40. The van der Waals surface area contributed by atoms with E-state index in [4.69, 9.17) is 0 Å². The Balaban J connectivity index is 1.72. The molecule has 2 aliphatic rings. The van der Waals surface area contributed by atoms with Crippen LogP contribution in [0.5, 0.6) is 0 Å². The van der Waals surface area contributed by atoms with Crippen molar-refractivity contribution in [2.45, 2.75) is 12.8 Å². The third-order valence-corrected chi connectivity index (χ3v) is 5.94. The van der Waals surface area contributed by atoms with Crippen LogP contribution in [0, 0.1) is 32.1 Å². The molecule has 35 heavy (non-hydrogen) atoms. The first-order valence-corrected chi connectivity index (χ1v) is 10.6. The Morgan fingerprint density at radius 1 is 0.857 bits per heavy atom. The number of amides is 3. The van der Waals surface area contributed by atoms with E-state index in [0.29, 0.717) is 22.9 Å². The maximum Gasteiger partial charge on any atom is 0.273 e. The molecule has 0 saturated carbocycles. The lowest BCUT2D eigenvalue weighted by Crippen LogP contribution is -2.52. The van der Waals surface area contributed by atoms with Gasteiger partial charge in [0.1, 0.15) is 6.54 Å². The number of imide groups is 1. The molecule has 0 bridgehead atoms. The summed E-state index contributed by atoms with van der Waals surface area (Å²) in [6, 6.07) is 9.49. The van der Waals surface area contributed by atoms with Crippen molar-refractivity contribution in [3.63, 3.8) is 0 Å². The van der Waals surface area contributed by atoms with Crippen molar-refractivity contribution in [3.8, 4) is 0 Å². The minimum absolute atomic E-state index is 0.103. The van der Waals surface area contributed by atoms with E-state index < -0.39 is 57.4 Å². The molecular formula is C23H18N4O8. The number of hydrogen-bond acceptors (Lipinski definition) is 8. The van der Waals surface area contributed by atoms with Gasteiger partial charge in [0.05, 0.1) is 21.7 Å². The van der Waals surface area contributed by atoms with Gasteiger partial charge in [0.25, 0.3) is 29.1 Å². The van der Waals surface area contributed by atoms with Gasteiger partial charge in [-0.2, -0.15) is 5.01 Å². The zero-order valence-corrected chi connectivity index (χ0v) is 18.1. The number of ketones is 1. The first-order valence-electron chi connectivity index (χ1n) is 10.6. The second-order valence-electron chi connectivity index (χ2n) is 8.04. The molecule has 0 spiro atoms. The van der Waals surface area contributed by atoms with Crippen molar-refractivity contribution in [2.75, 3.05) is 6.54 Å². The molecule has 0 aromatic heterocycles. The Morgan fingerprint density at radius 3 is 1.86 bits per heavy atom. The van der Waals surface area contributed by atoms with E-state index in [0.717, 1.165) is 12.1 Å². The van der Waals surface area contributed by atoms with Crippen LogP contribution in [0.15, 0.2) is 60.7 Å². The number of carbonyl (C=O) groups excluding carboxylic acids is 4. The van der Waals surface area contributed by atoms with Gasteiger partial charge in [-0.1, -0.05) is 30.4 Å². The zero-order chi connectivity index (χ0) is 25.3. The molecule has 1 saturated heterocycles. The first-order chi connectivity index (χ1) is 16.7. The van der Waals surface area contributed by atoms with Crippen molar-refractivity contribution in [3.05, 3.63) is 92.0 Å². The summed E-state index contributed by atoms with van der Waals surface area (Å²) in [6.07, 6.45) is 4.11. The molecule has 12 nitrogen and oxygen atoms in total. The fourth-order valence-corrected chi connectivity index (χ4v) is 4.18. The average Bonchev–Trinajstić information content (AvgIpc) is 3.12. The van der Waals surface area contributed by atoms with Crippen LogP contribution in [0.1, 0.15) is 33.6 Å². The highest BCUT2D eigenvalue weighted by Crippen LogP contribution is 2.36. The summed E-state index contributed by atoms with van der Waals surface area (Å²) in [5.74, 6) is -4.44. The molecule has 2 aromatic rings. The molecule has 1 heterocycles. The molecule has 2 atom stereocenters. The van der Waals surface area contributed by atoms with Gasteiger partial charge in [0.15, 0.2) is 5.78 Å². The van der Waals surface area contributed by atoms with Gasteiger partial charge in [-0.05, 0) is 18.9 Å². The molecule has 12 heteroatoms. The smallest absolute Gasteiger partial charge is 0.273 e. The van der Waals surface area contributed by atoms with E-state index in [1.54, 1.807) is 12.2 Å². The monoisotopic (exact) mass is 478 g/mol. The van der Waals surface area contributed by atoms with Crippen molar-refractivity contribution in [1.82, 2.24) is 10.0 Å². The molecule has 4 rings (SSSR count). The van der Waals surface area contributed by atoms with Crippen LogP contribution in [-0.4, -0.2) is 49.9 Å². The van der Waals surface area contributed by atoms with Crippen LogP contribution in [0.2, 0.25) is 0 Å². The highest BCUT2D eigenvalue weighted by Gasteiger charge is 2.51. The van der Waals surface area contributed by atoms with Crippen molar-refractivity contribution in [2.24, 2.45) is 11.8 Å². The van der Waals surface area contributed by atoms with E-state index in [2.05, 4.69) is 0 Å². The topological polar surface area (TPSA) is 161 Å². The number of benzene rings is 2. The number of hydrogen-bond donors (Lipinski definition) is 0. The second-order valence-corrected chi connectivity index (χ2v) is 8.04. The minimum Gasteiger partial charge on any atom is -0.292 e. The van der Waals surface area contributed by atoms with E-state index in [-0.39, 0.29) is 16.8 Å². The lowest BCUT2D eigenvalue weighted by molar-refractivity contribution is -0.385. The Morgan fingerprint density at radius 2 is 1.34 bits per heavy atom. The van der Waals surface area contributed by atoms with Gasteiger partial charge >= 0.3 is 0 Å². The fourth-order valence-electron chi connectivity index (χ4n) is 4.18. The summed E-state index contributed by atoms with van der Waals surface area (Å²) in [6.45, 7) is -0.785. The molecule has 3 amide bonds. The standard InChI is InChI=1S/C23H18N4O8/c28-20(14-5-3-7-16(11-14)26(32)33)13-24(21(29)15-6-4-8-17(12-15)27(34)35)25-22(30)18-9-1-2-10-19(18)23(25)31/h1-8,11-12,18-19H,9-10,13H2/t18-,19-/m1/s1. The van der Waals surface area contributed by atoms with Gasteiger partial charge in [-0.15, -0.1) is 0 Å². The maximum atomic E-state index is 13.4. The molecule has 178 valence electrons. The summed E-state index contributed by atoms with van der Waals surface area (Å²) in [5, 5.41) is 23.6. The molecule has 0 unspecified atom stereocenters. The number of nitrogens with zero attached hydrogens (tertiary/aromatic N) is 4. The van der Waals surface area contributed by atoms with Gasteiger partial charge < -0.3 is 0 Å².